The van der Waals surface area contributed by atoms with Crippen LogP contribution in [-0.4, -0.2) is 0 Å². The summed E-state index contributed by atoms with van der Waals surface area (Å²) in [5, 5.41) is 1.40. The predicted octanol–water partition coefficient (Wildman–Crippen LogP) is 3.70. The molecule has 4 heteroatoms. The first-order valence-corrected chi connectivity index (χ1v) is 3.44. The van der Waals surface area contributed by atoms with Gasteiger partial charge < -0.3 is 0 Å². The molecular formula is C6H6Cl3P. The maximum absolute atomic E-state index is 5.61. The third-order valence-electron chi connectivity index (χ3n) is 0.904. The van der Waals surface area contributed by atoms with E-state index in [1.807, 2.05) is 0 Å². The second kappa shape index (κ2) is 4.41. The van der Waals surface area contributed by atoms with Crippen LogP contribution in [0.3, 0.4) is 0 Å². The summed E-state index contributed by atoms with van der Waals surface area (Å²) in [7, 11) is 0. The zero-order chi connectivity index (χ0) is 6.85. The monoisotopic (exact) mass is 214 g/mol. The molecule has 0 aromatic heterocycles. The molecule has 56 valence electrons. The van der Waals surface area contributed by atoms with Gasteiger partial charge in [-0.1, -0.05) is 40.9 Å². The standard InChI is InChI=1S/C6H3Cl3.H3P/c7-4-2-1-3-5(8)6(4)9;/h1-3H;1H3. The van der Waals surface area contributed by atoms with Crippen LogP contribution in [0.1, 0.15) is 0 Å². The van der Waals surface area contributed by atoms with Crippen LogP contribution in [0.4, 0.5) is 0 Å². The predicted molar refractivity (Wildman–Crippen MR) is 52.6 cm³/mol. The topological polar surface area (TPSA) is 0 Å². The normalized spacial score (nSPS) is 8.70. The van der Waals surface area contributed by atoms with Gasteiger partial charge in [0.15, 0.2) is 0 Å². The molecule has 0 amide bonds. The summed E-state index contributed by atoms with van der Waals surface area (Å²) in [6, 6.07) is 5.13. The number of rotatable bonds is 0. The molecule has 0 radical (unpaired) electrons. The van der Waals surface area contributed by atoms with Gasteiger partial charge in [0.1, 0.15) is 0 Å². The van der Waals surface area contributed by atoms with Crippen molar-refractivity contribution in [1.82, 2.24) is 0 Å². The SMILES string of the molecule is Clc1cccc(Cl)c1Cl.P. The Morgan fingerprint density at radius 1 is 0.900 bits per heavy atom. The van der Waals surface area contributed by atoms with Gasteiger partial charge in [-0.3, -0.25) is 0 Å². The Hall–Kier alpha value is 0.520. The van der Waals surface area contributed by atoms with E-state index < -0.39 is 0 Å². The van der Waals surface area contributed by atoms with Gasteiger partial charge in [-0.05, 0) is 12.1 Å². The lowest BCUT2D eigenvalue weighted by atomic mass is 10.4. The molecule has 1 aromatic rings. The maximum Gasteiger partial charge on any atom is 0.0778 e. The summed E-state index contributed by atoms with van der Waals surface area (Å²) in [5.41, 5.74) is 0. The van der Waals surface area contributed by atoms with Crippen LogP contribution in [0.25, 0.3) is 0 Å². The fraction of sp³-hybridized carbons (Fsp3) is 0. The van der Waals surface area contributed by atoms with Crippen molar-refractivity contribution >= 4 is 44.7 Å². The van der Waals surface area contributed by atoms with E-state index in [1.54, 1.807) is 18.2 Å². The van der Waals surface area contributed by atoms with Crippen LogP contribution in [0.2, 0.25) is 15.1 Å². The molecule has 0 bridgehead atoms. The molecule has 1 unspecified atom stereocenters. The molecule has 1 atom stereocenters. The maximum atomic E-state index is 5.61. The molecule has 0 aliphatic rings. The van der Waals surface area contributed by atoms with E-state index in [1.165, 1.54) is 0 Å². The Kier molecular flexibility index (Phi) is 4.64. The van der Waals surface area contributed by atoms with E-state index >= 15 is 0 Å². The van der Waals surface area contributed by atoms with Crippen LogP contribution >= 0.6 is 44.7 Å². The quantitative estimate of drug-likeness (QED) is 0.457. The van der Waals surface area contributed by atoms with Gasteiger partial charge >= 0.3 is 0 Å². The molecule has 0 heterocycles. The second-order valence-electron chi connectivity index (χ2n) is 1.54. The van der Waals surface area contributed by atoms with E-state index in [0.29, 0.717) is 15.1 Å². The van der Waals surface area contributed by atoms with Crippen molar-refractivity contribution in [2.75, 3.05) is 0 Å². The molecule has 0 saturated heterocycles. The molecule has 0 spiro atoms. The van der Waals surface area contributed by atoms with Crippen molar-refractivity contribution in [2.24, 2.45) is 0 Å². The van der Waals surface area contributed by atoms with Crippen molar-refractivity contribution in [3.63, 3.8) is 0 Å². The largest absolute Gasteiger partial charge is 0.153 e. The third-order valence-corrected chi connectivity index (χ3v) is 2.14. The van der Waals surface area contributed by atoms with Crippen molar-refractivity contribution in [3.8, 4) is 0 Å². The molecule has 1 rings (SSSR count). The molecule has 1 aromatic carbocycles. The molecule has 0 saturated carbocycles. The van der Waals surface area contributed by atoms with Crippen molar-refractivity contribution in [2.45, 2.75) is 0 Å². The van der Waals surface area contributed by atoms with E-state index in [0.717, 1.165) is 0 Å². The average Bonchev–Trinajstić information content (AvgIpc) is 1.83. The van der Waals surface area contributed by atoms with Gasteiger partial charge in [0, 0.05) is 0 Å². The Morgan fingerprint density at radius 2 is 1.30 bits per heavy atom. The first-order chi connectivity index (χ1) is 4.22. The first kappa shape index (κ1) is 10.5. The van der Waals surface area contributed by atoms with Crippen molar-refractivity contribution in [1.29, 1.82) is 0 Å². The minimum atomic E-state index is 0. The highest BCUT2D eigenvalue weighted by atomic mass is 35.5. The van der Waals surface area contributed by atoms with Crippen LogP contribution in [0, 0.1) is 0 Å². The zero-order valence-corrected chi connectivity index (χ0v) is 8.76. The number of halogens is 3. The fourth-order valence-corrected chi connectivity index (χ4v) is 1.00. The summed E-state index contributed by atoms with van der Waals surface area (Å²) in [5.74, 6) is 0. The van der Waals surface area contributed by atoms with Gasteiger partial charge in [-0.25, -0.2) is 0 Å². The van der Waals surface area contributed by atoms with Gasteiger partial charge in [0.05, 0.1) is 15.1 Å². The lowest BCUT2D eigenvalue weighted by Crippen LogP contribution is -1.67. The molecule has 0 nitrogen and oxygen atoms in total. The van der Waals surface area contributed by atoms with Gasteiger partial charge in [-0.2, -0.15) is 9.90 Å². The van der Waals surface area contributed by atoms with Gasteiger partial charge in [-0.15, -0.1) is 0 Å². The smallest absolute Gasteiger partial charge is 0.0778 e. The van der Waals surface area contributed by atoms with Crippen molar-refractivity contribution < 1.29 is 0 Å². The molecule has 10 heavy (non-hydrogen) atoms. The lowest BCUT2D eigenvalue weighted by Gasteiger charge is -1.94. The summed E-state index contributed by atoms with van der Waals surface area (Å²) in [4.78, 5) is 0. The summed E-state index contributed by atoms with van der Waals surface area (Å²) in [6.07, 6.45) is 0. The molecule has 0 N–H and O–H groups in total. The average molecular weight is 215 g/mol. The molecular weight excluding hydrogens is 209 g/mol. The van der Waals surface area contributed by atoms with E-state index in [9.17, 15) is 0 Å². The minimum absolute atomic E-state index is 0. The van der Waals surface area contributed by atoms with Crippen LogP contribution in [-0.2, 0) is 0 Å². The highest BCUT2D eigenvalue weighted by molar-refractivity contribution is 6.92. The first-order valence-electron chi connectivity index (χ1n) is 2.31. The van der Waals surface area contributed by atoms with Crippen LogP contribution in [0.5, 0.6) is 0 Å². The lowest BCUT2D eigenvalue weighted by molar-refractivity contribution is 1.70. The summed E-state index contributed by atoms with van der Waals surface area (Å²) in [6.45, 7) is 0. The van der Waals surface area contributed by atoms with Gasteiger partial charge in [0.25, 0.3) is 0 Å². The van der Waals surface area contributed by atoms with E-state index in [2.05, 4.69) is 0 Å². The van der Waals surface area contributed by atoms with Crippen LogP contribution < -0.4 is 0 Å². The Balaban J connectivity index is 0.000000810. The van der Waals surface area contributed by atoms with Crippen molar-refractivity contribution in [3.05, 3.63) is 33.3 Å². The Bertz CT molecular complexity index is 204. The second-order valence-corrected chi connectivity index (χ2v) is 2.73. The fourth-order valence-electron chi connectivity index (χ4n) is 0.477. The molecule has 0 aliphatic heterocycles. The van der Waals surface area contributed by atoms with Gasteiger partial charge in [0.2, 0.25) is 0 Å². The highest BCUT2D eigenvalue weighted by Gasteiger charge is 1.98. The molecule has 0 fully saturated rings. The summed E-state index contributed by atoms with van der Waals surface area (Å²) >= 11 is 16.8. The molecule has 0 aliphatic carbocycles. The number of benzene rings is 1. The Morgan fingerprint density at radius 3 is 1.60 bits per heavy atom. The summed E-state index contributed by atoms with van der Waals surface area (Å²) < 4.78 is 0. The Labute approximate surface area is 78.1 Å². The van der Waals surface area contributed by atoms with Crippen LogP contribution in [0.15, 0.2) is 18.2 Å². The van der Waals surface area contributed by atoms with E-state index in [4.69, 9.17) is 34.8 Å². The zero-order valence-electron chi connectivity index (χ0n) is 5.07. The third kappa shape index (κ3) is 2.29. The number of hydrogen-bond donors (Lipinski definition) is 0. The highest BCUT2D eigenvalue weighted by Crippen LogP contribution is 2.28. The van der Waals surface area contributed by atoms with E-state index in [-0.39, 0.29) is 9.90 Å². The number of hydrogen-bond acceptors (Lipinski definition) is 0. The minimum Gasteiger partial charge on any atom is -0.153 e.